The van der Waals surface area contributed by atoms with Crippen LogP contribution in [0.3, 0.4) is 0 Å². The van der Waals surface area contributed by atoms with Crippen LogP contribution in [0.25, 0.3) is 22.2 Å². The van der Waals surface area contributed by atoms with Crippen molar-refractivity contribution in [2.24, 2.45) is 0 Å². The maximum absolute atomic E-state index is 13.6. The van der Waals surface area contributed by atoms with E-state index in [4.69, 9.17) is 14.7 Å². The standard InChI is InChI=1S/C28H26N4O4S/c1-4-36-28(33)24-25-27(30-23-13-9-8-12-22(23)29-25)32(19(3)20-10-6-5-7-11-20)26(24)31-37(34,35)21-16-14-18(2)15-17-21/h5-17,19,31H,4H2,1-3H3. The van der Waals surface area contributed by atoms with E-state index >= 15 is 0 Å². The van der Waals surface area contributed by atoms with Gasteiger partial charge in [-0.05, 0) is 50.6 Å². The molecule has 8 nitrogen and oxygen atoms in total. The van der Waals surface area contributed by atoms with Crippen LogP contribution in [0.1, 0.15) is 41.4 Å². The molecule has 0 saturated heterocycles. The van der Waals surface area contributed by atoms with Gasteiger partial charge >= 0.3 is 5.97 Å². The molecule has 0 bridgehead atoms. The SMILES string of the molecule is CCOC(=O)c1c(NS(=O)(=O)c2ccc(C)cc2)n(C(C)c2ccccc2)c2nc3ccccc3nc12. The Hall–Kier alpha value is -4.24. The van der Waals surface area contributed by atoms with Gasteiger partial charge in [0.05, 0.1) is 28.6 Å². The summed E-state index contributed by atoms with van der Waals surface area (Å²) in [5.41, 5.74) is 3.70. The normalized spacial score (nSPS) is 12.5. The number of nitrogens with one attached hydrogen (secondary N) is 1. The van der Waals surface area contributed by atoms with Crippen LogP contribution in [-0.2, 0) is 14.8 Å². The molecule has 2 heterocycles. The average Bonchev–Trinajstić information content (AvgIpc) is 3.19. The van der Waals surface area contributed by atoms with Crippen molar-refractivity contribution in [3.05, 3.63) is 95.6 Å². The molecule has 2 aromatic heterocycles. The highest BCUT2D eigenvalue weighted by atomic mass is 32.2. The Bertz CT molecular complexity index is 1710. The van der Waals surface area contributed by atoms with Crippen LogP contribution >= 0.6 is 0 Å². The molecule has 3 aromatic carbocycles. The van der Waals surface area contributed by atoms with E-state index < -0.39 is 22.0 Å². The molecular weight excluding hydrogens is 488 g/mol. The number of fused-ring (bicyclic) bond motifs is 2. The van der Waals surface area contributed by atoms with Gasteiger partial charge in [-0.25, -0.2) is 23.2 Å². The first-order valence-electron chi connectivity index (χ1n) is 11.9. The van der Waals surface area contributed by atoms with Gasteiger partial charge in [-0.2, -0.15) is 0 Å². The van der Waals surface area contributed by atoms with Crippen LogP contribution in [0, 0.1) is 6.92 Å². The molecule has 0 radical (unpaired) electrons. The van der Waals surface area contributed by atoms with Crippen molar-refractivity contribution < 1.29 is 17.9 Å². The van der Waals surface area contributed by atoms with Gasteiger partial charge in [0.15, 0.2) is 5.65 Å². The number of carbonyl (C=O) groups excluding carboxylic acids is 1. The number of para-hydroxylation sites is 2. The van der Waals surface area contributed by atoms with Crippen molar-refractivity contribution in [1.29, 1.82) is 0 Å². The van der Waals surface area contributed by atoms with Crippen molar-refractivity contribution in [1.82, 2.24) is 14.5 Å². The number of benzene rings is 3. The summed E-state index contributed by atoms with van der Waals surface area (Å²) in [6.07, 6.45) is 0. The quantitative estimate of drug-likeness (QED) is 0.289. The summed E-state index contributed by atoms with van der Waals surface area (Å²) in [4.78, 5) is 22.9. The highest BCUT2D eigenvalue weighted by molar-refractivity contribution is 7.92. The minimum absolute atomic E-state index is 0.0218. The van der Waals surface area contributed by atoms with Gasteiger partial charge in [-0.15, -0.1) is 0 Å². The van der Waals surface area contributed by atoms with Crippen molar-refractivity contribution >= 4 is 44.0 Å². The number of ether oxygens (including phenoxy) is 1. The lowest BCUT2D eigenvalue weighted by atomic mass is 10.1. The van der Waals surface area contributed by atoms with E-state index in [2.05, 4.69) is 4.72 Å². The number of hydrogen-bond donors (Lipinski definition) is 1. The van der Waals surface area contributed by atoms with Gasteiger partial charge in [0.2, 0.25) is 0 Å². The molecule has 0 aliphatic carbocycles. The second-order valence-corrected chi connectivity index (χ2v) is 10.4. The van der Waals surface area contributed by atoms with Crippen LogP contribution in [0.2, 0.25) is 0 Å². The van der Waals surface area contributed by atoms with Gasteiger partial charge < -0.3 is 9.30 Å². The fourth-order valence-corrected chi connectivity index (χ4v) is 5.39. The molecule has 37 heavy (non-hydrogen) atoms. The molecule has 1 unspecified atom stereocenters. The molecule has 1 atom stereocenters. The minimum atomic E-state index is -4.07. The minimum Gasteiger partial charge on any atom is -0.462 e. The summed E-state index contributed by atoms with van der Waals surface area (Å²) in [6.45, 7) is 5.61. The van der Waals surface area contributed by atoms with E-state index in [9.17, 15) is 13.2 Å². The van der Waals surface area contributed by atoms with Crippen molar-refractivity contribution in [3.8, 4) is 0 Å². The lowest BCUT2D eigenvalue weighted by Crippen LogP contribution is -2.20. The molecule has 5 aromatic rings. The molecule has 1 N–H and O–H groups in total. The summed E-state index contributed by atoms with van der Waals surface area (Å²) >= 11 is 0. The predicted molar refractivity (Wildman–Crippen MR) is 143 cm³/mol. The monoisotopic (exact) mass is 514 g/mol. The lowest BCUT2D eigenvalue weighted by Gasteiger charge is -2.20. The maximum Gasteiger partial charge on any atom is 0.344 e. The Morgan fingerprint density at radius 2 is 1.57 bits per heavy atom. The number of anilines is 1. The third-order valence-corrected chi connectivity index (χ3v) is 7.56. The fourth-order valence-electron chi connectivity index (χ4n) is 4.32. The number of rotatable bonds is 7. The van der Waals surface area contributed by atoms with Crippen LogP contribution < -0.4 is 4.72 Å². The van der Waals surface area contributed by atoms with Crippen LogP contribution in [0.5, 0.6) is 0 Å². The zero-order chi connectivity index (χ0) is 26.2. The number of nitrogens with zero attached hydrogens (tertiary/aromatic N) is 3. The third-order valence-electron chi connectivity index (χ3n) is 6.21. The fraction of sp³-hybridized carbons (Fsp3) is 0.179. The van der Waals surface area contributed by atoms with E-state index in [1.807, 2.05) is 62.4 Å². The largest absolute Gasteiger partial charge is 0.462 e. The maximum atomic E-state index is 13.6. The number of aromatic nitrogens is 3. The van der Waals surface area contributed by atoms with E-state index in [-0.39, 0.29) is 28.4 Å². The van der Waals surface area contributed by atoms with E-state index in [1.165, 1.54) is 12.1 Å². The van der Waals surface area contributed by atoms with E-state index in [1.54, 1.807) is 29.7 Å². The molecule has 0 aliphatic rings. The lowest BCUT2D eigenvalue weighted by molar-refractivity contribution is 0.0529. The van der Waals surface area contributed by atoms with Crippen LogP contribution in [0.4, 0.5) is 5.82 Å². The highest BCUT2D eigenvalue weighted by Crippen LogP contribution is 2.36. The first-order chi connectivity index (χ1) is 17.8. The van der Waals surface area contributed by atoms with Crippen molar-refractivity contribution in [3.63, 3.8) is 0 Å². The Morgan fingerprint density at radius 1 is 0.946 bits per heavy atom. The summed E-state index contributed by atoms with van der Waals surface area (Å²) in [5.74, 6) is -0.626. The molecule has 9 heteroatoms. The number of esters is 1. The summed E-state index contributed by atoms with van der Waals surface area (Å²) < 4.78 is 36.9. The van der Waals surface area contributed by atoms with Gasteiger partial charge in [0.25, 0.3) is 10.0 Å². The summed E-state index contributed by atoms with van der Waals surface area (Å²) in [5, 5.41) is 0. The molecule has 188 valence electrons. The number of sulfonamides is 1. The van der Waals surface area contributed by atoms with E-state index in [0.29, 0.717) is 16.7 Å². The molecule has 5 rings (SSSR count). The first kappa shape index (κ1) is 24.5. The molecular formula is C28H26N4O4S. The summed E-state index contributed by atoms with van der Waals surface area (Å²) in [7, 11) is -4.07. The molecule has 0 aliphatic heterocycles. The van der Waals surface area contributed by atoms with Crippen LogP contribution in [0.15, 0.2) is 83.8 Å². The Morgan fingerprint density at radius 3 is 2.22 bits per heavy atom. The first-order valence-corrected chi connectivity index (χ1v) is 13.4. The van der Waals surface area contributed by atoms with Gasteiger partial charge in [0.1, 0.15) is 16.9 Å². The predicted octanol–water partition coefficient (Wildman–Crippen LogP) is 5.48. The van der Waals surface area contributed by atoms with Crippen molar-refractivity contribution in [2.45, 2.75) is 31.7 Å². The smallest absolute Gasteiger partial charge is 0.344 e. The third kappa shape index (κ3) is 4.53. The van der Waals surface area contributed by atoms with Crippen LogP contribution in [-0.4, -0.2) is 35.5 Å². The zero-order valence-electron chi connectivity index (χ0n) is 20.7. The Labute approximate surface area is 215 Å². The second kappa shape index (κ2) is 9.67. The number of carbonyl (C=O) groups is 1. The molecule has 0 saturated carbocycles. The molecule has 0 amide bonds. The van der Waals surface area contributed by atoms with Gasteiger partial charge in [-0.1, -0.05) is 60.2 Å². The number of hydrogen-bond acceptors (Lipinski definition) is 6. The zero-order valence-corrected chi connectivity index (χ0v) is 21.5. The Balaban J connectivity index is 1.83. The van der Waals surface area contributed by atoms with Gasteiger partial charge in [-0.3, -0.25) is 4.72 Å². The molecule has 0 spiro atoms. The Kier molecular flexibility index (Phi) is 6.39. The topological polar surface area (TPSA) is 103 Å². The number of aryl methyl sites for hydroxylation is 1. The second-order valence-electron chi connectivity index (χ2n) is 8.70. The highest BCUT2D eigenvalue weighted by Gasteiger charge is 2.32. The summed E-state index contributed by atoms with van der Waals surface area (Å²) in [6, 6.07) is 23.0. The van der Waals surface area contributed by atoms with Crippen molar-refractivity contribution in [2.75, 3.05) is 11.3 Å². The average molecular weight is 515 g/mol. The molecule has 0 fully saturated rings. The van der Waals surface area contributed by atoms with E-state index in [0.717, 1.165) is 11.1 Å². The van der Waals surface area contributed by atoms with Gasteiger partial charge in [0, 0.05) is 0 Å².